The molecule has 0 aliphatic carbocycles. The van der Waals surface area contributed by atoms with Gasteiger partial charge in [0.2, 0.25) is 0 Å². The van der Waals surface area contributed by atoms with Crippen molar-refractivity contribution in [1.29, 1.82) is 0 Å². The van der Waals surface area contributed by atoms with Gasteiger partial charge in [0, 0.05) is 5.02 Å². The van der Waals surface area contributed by atoms with E-state index in [4.69, 9.17) is 11.6 Å². The van der Waals surface area contributed by atoms with Crippen LogP contribution >= 0.6 is 11.6 Å². The van der Waals surface area contributed by atoms with Gasteiger partial charge in [-0.2, -0.15) is 0 Å². The standard InChI is InChI=1S/C12H10BClO3/c14-12-4-2-1-3-10(12)9-6-5-8(15)7-11(9)13(16)17/h1-7,15-17H. The lowest BCUT2D eigenvalue weighted by Gasteiger charge is -2.11. The molecule has 0 atom stereocenters. The molecule has 0 aromatic heterocycles. The van der Waals surface area contributed by atoms with Crippen molar-refractivity contribution >= 4 is 24.2 Å². The Labute approximate surface area is 104 Å². The minimum atomic E-state index is -1.66. The number of benzene rings is 2. The number of phenolic OH excluding ortho intramolecular Hbond substituents is 1. The fraction of sp³-hybridized carbons (Fsp3) is 0. The maximum atomic E-state index is 9.35. The highest BCUT2D eigenvalue weighted by Crippen LogP contribution is 2.27. The Morgan fingerprint density at radius 1 is 0.941 bits per heavy atom. The zero-order chi connectivity index (χ0) is 12.4. The first-order valence-electron chi connectivity index (χ1n) is 5.03. The molecular weight excluding hydrogens is 238 g/mol. The second-order valence-corrected chi connectivity index (χ2v) is 4.03. The average Bonchev–Trinajstić information content (AvgIpc) is 2.30. The molecule has 2 rings (SSSR count). The van der Waals surface area contributed by atoms with Gasteiger partial charge in [0.25, 0.3) is 0 Å². The molecule has 0 saturated carbocycles. The van der Waals surface area contributed by atoms with Crippen LogP contribution in [0.15, 0.2) is 42.5 Å². The summed E-state index contributed by atoms with van der Waals surface area (Å²) in [7, 11) is -1.66. The lowest BCUT2D eigenvalue weighted by Crippen LogP contribution is -2.31. The minimum Gasteiger partial charge on any atom is -0.508 e. The summed E-state index contributed by atoms with van der Waals surface area (Å²) in [5, 5.41) is 28.4. The molecule has 0 aliphatic heterocycles. The van der Waals surface area contributed by atoms with E-state index < -0.39 is 7.12 Å². The smallest absolute Gasteiger partial charge is 0.489 e. The van der Waals surface area contributed by atoms with Gasteiger partial charge in [-0.25, -0.2) is 0 Å². The molecule has 0 fully saturated rings. The maximum absolute atomic E-state index is 9.35. The molecule has 3 N–H and O–H groups in total. The van der Waals surface area contributed by atoms with E-state index in [1.165, 1.54) is 12.1 Å². The molecule has 0 unspecified atom stereocenters. The van der Waals surface area contributed by atoms with Crippen molar-refractivity contribution in [2.24, 2.45) is 0 Å². The van der Waals surface area contributed by atoms with Crippen LogP contribution < -0.4 is 5.46 Å². The first-order valence-corrected chi connectivity index (χ1v) is 5.41. The topological polar surface area (TPSA) is 60.7 Å². The molecule has 0 amide bonds. The van der Waals surface area contributed by atoms with Gasteiger partial charge >= 0.3 is 7.12 Å². The van der Waals surface area contributed by atoms with Gasteiger partial charge in [-0.05, 0) is 34.8 Å². The zero-order valence-electron chi connectivity index (χ0n) is 8.84. The van der Waals surface area contributed by atoms with Gasteiger partial charge in [-0.3, -0.25) is 0 Å². The molecule has 2 aromatic carbocycles. The van der Waals surface area contributed by atoms with Crippen molar-refractivity contribution in [3.05, 3.63) is 47.5 Å². The van der Waals surface area contributed by atoms with Gasteiger partial charge < -0.3 is 15.2 Å². The number of phenols is 1. The van der Waals surface area contributed by atoms with Crippen molar-refractivity contribution in [2.75, 3.05) is 0 Å². The molecule has 3 nitrogen and oxygen atoms in total. The zero-order valence-corrected chi connectivity index (χ0v) is 9.59. The highest BCUT2D eigenvalue weighted by atomic mass is 35.5. The van der Waals surface area contributed by atoms with Crippen molar-refractivity contribution in [3.63, 3.8) is 0 Å². The summed E-state index contributed by atoms with van der Waals surface area (Å²) in [4.78, 5) is 0. The van der Waals surface area contributed by atoms with E-state index in [1.54, 1.807) is 24.3 Å². The molecule has 0 aliphatic rings. The van der Waals surface area contributed by atoms with Crippen LogP contribution in [0.5, 0.6) is 5.75 Å². The summed E-state index contributed by atoms with van der Waals surface area (Å²) in [6.45, 7) is 0. The van der Waals surface area contributed by atoms with Crippen molar-refractivity contribution in [3.8, 4) is 16.9 Å². The molecular formula is C12H10BClO3. The SMILES string of the molecule is OB(O)c1cc(O)ccc1-c1ccccc1Cl. The number of aromatic hydroxyl groups is 1. The predicted molar refractivity (Wildman–Crippen MR) is 68.4 cm³/mol. The van der Waals surface area contributed by atoms with Crippen LogP contribution in [-0.4, -0.2) is 22.3 Å². The number of hydrogen-bond acceptors (Lipinski definition) is 3. The fourth-order valence-electron chi connectivity index (χ4n) is 1.69. The van der Waals surface area contributed by atoms with Gasteiger partial charge in [0.15, 0.2) is 0 Å². The first-order chi connectivity index (χ1) is 8.09. The van der Waals surface area contributed by atoms with E-state index in [0.717, 1.165) is 0 Å². The molecule has 17 heavy (non-hydrogen) atoms. The number of rotatable bonds is 2. The Morgan fingerprint density at radius 3 is 2.29 bits per heavy atom. The lowest BCUT2D eigenvalue weighted by atomic mass is 9.75. The molecule has 86 valence electrons. The second kappa shape index (κ2) is 4.79. The van der Waals surface area contributed by atoms with Crippen molar-refractivity contribution < 1.29 is 15.2 Å². The Morgan fingerprint density at radius 2 is 1.65 bits per heavy atom. The van der Waals surface area contributed by atoms with Gasteiger partial charge in [-0.1, -0.05) is 35.9 Å². The lowest BCUT2D eigenvalue weighted by molar-refractivity contribution is 0.425. The Balaban J connectivity index is 2.63. The Hall–Kier alpha value is -1.49. The third-order valence-corrected chi connectivity index (χ3v) is 2.81. The van der Waals surface area contributed by atoms with E-state index in [2.05, 4.69) is 0 Å². The van der Waals surface area contributed by atoms with Crippen LogP contribution in [0, 0.1) is 0 Å². The summed E-state index contributed by atoms with van der Waals surface area (Å²) in [5.41, 5.74) is 1.50. The van der Waals surface area contributed by atoms with Gasteiger partial charge in [0.1, 0.15) is 5.75 Å². The summed E-state index contributed by atoms with van der Waals surface area (Å²) in [5.74, 6) is -0.0242. The van der Waals surface area contributed by atoms with E-state index in [9.17, 15) is 15.2 Å². The van der Waals surface area contributed by atoms with E-state index in [0.29, 0.717) is 16.1 Å². The third kappa shape index (κ3) is 2.44. The molecule has 0 heterocycles. The van der Waals surface area contributed by atoms with Gasteiger partial charge in [-0.15, -0.1) is 0 Å². The van der Waals surface area contributed by atoms with Crippen LogP contribution in [0.4, 0.5) is 0 Å². The third-order valence-electron chi connectivity index (χ3n) is 2.48. The highest BCUT2D eigenvalue weighted by molar-refractivity contribution is 6.60. The Bertz CT molecular complexity index is 543. The summed E-state index contributed by atoms with van der Waals surface area (Å²) in [6, 6.07) is 11.5. The number of hydrogen-bond donors (Lipinski definition) is 3. The van der Waals surface area contributed by atoms with Crippen molar-refractivity contribution in [2.45, 2.75) is 0 Å². The molecule has 0 radical (unpaired) electrons. The fourth-order valence-corrected chi connectivity index (χ4v) is 1.93. The van der Waals surface area contributed by atoms with Crippen molar-refractivity contribution in [1.82, 2.24) is 0 Å². The van der Waals surface area contributed by atoms with E-state index in [-0.39, 0.29) is 11.2 Å². The second-order valence-electron chi connectivity index (χ2n) is 3.63. The largest absolute Gasteiger partial charge is 0.508 e. The molecule has 0 spiro atoms. The summed E-state index contributed by atoms with van der Waals surface area (Å²) >= 11 is 6.05. The molecule has 0 saturated heterocycles. The van der Waals surface area contributed by atoms with Crippen LogP contribution in [-0.2, 0) is 0 Å². The highest BCUT2D eigenvalue weighted by Gasteiger charge is 2.18. The summed E-state index contributed by atoms with van der Waals surface area (Å²) < 4.78 is 0. The number of halogens is 1. The predicted octanol–water partition coefficient (Wildman–Crippen LogP) is 1.39. The quantitative estimate of drug-likeness (QED) is 0.704. The van der Waals surface area contributed by atoms with Gasteiger partial charge in [0.05, 0.1) is 0 Å². The van der Waals surface area contributed by atoms with Crippen LogP contribution in [0.2, 0.25) is 5.02 Å². The molecule has 5 heteroatoms. The van der Waals surface area contributed by atoms with Crippen LogP contribution in [0.1, 0.15) is 0 Å². The summed E-state index contributed by atoms with van der Waals surface area (Å²) in [6.07, 6.45) is 0. The van der Waals surface area contributed by atoms with E-state index in [1.807, 2.05) is 6.07 Å². The van der Waals surface area contributed by atoms with E-state index >= 15 is 0 Å². The van der Waals surface area contributed by atoms with Crippen LogP contribution in [0.25, 0.3) is 11.1 Å². The minimum absolute atomic E-state index is 0.0242. The normalized spacial score (nSPS) is 10.3. The first kappa shape index (κ1) is 12.0. The molecule has 2 aromatic rings. The van der Waals surface area contributed by atoms with Crippen LogP contribution in [0.3, 0.4) is 0 Å². The molecule has 0 bridgehead atoms. The Kier molecular flexibility index (Phi) is 3.38. The monoisotopic (exact) mass is 248 g/mol. The maximum Gasteiger partial charge on any atom is 0.489 e. The average molecular weight is 248 g/mol.